The van der Waals surface area contributed by atoms with Gasteiger partial charge < -0.3 is 10.1 Å². The fourth-order valence-corrected chi connectivity index (χ4v) is 4.75. The van der Waals surface area contributed by atoms with Crippen LogP contribution in [0.3, 0.4) is 0 Å². The third-order valence-electron chi connectivity index (χ3n) is 5.13. The molecule has 0 bridgehead atoms. The van der Waals surface area contributed by atoms with Crippen molar-refractivity contribution in [3.05, 3.63) is 101 Å². The van der Waals surface area contributed by atoms with Gasteiger partial charge in [-0.1, -0.05) is 66.7 Å². The van der Waals surface area contributed by atoms with E-state index in [2.05, 4.69) is 15.0 Å². The highest BCUT2D eigenvalue weighted by atomic mass is 32.2. The number of amides is 1. The van der Waals surface area contributed by atoms with Crippen molar-refractivity contribution in [2.45, 2.75) is 31.1 Å². The first-order valence-corrected chi connectivity index (χ1v) is 12.1. The minimum absolute atomic E-state index is 0.154. The summed E-state index contributed by atoms with van der Waals surface area (Å²) in [5.41, 5.74) is 3.67. The number of rotatable bonds is 9. The molecule has 3 aromatic rings. The van der Waals surface area contributed by atoms with Crippen LogP contribution in [0.4, 0.5) is 0 Å². The molecule has 1 aliphatic heterocycles. The van der Waals surface area contributed by atoms with Gasteiger partial charge in [0.15, 0.2) is 0 Å². The van der Waals surface area contributed by atoms with Gasteiger partial charge in [0.2, 0.25) is 5.91 Å². The Labute approximate surface area is 193 Å². The van der Waals surface area contributed by atoms with Crippen LogP contribution in [0.25, 0.3) is 0 Å². The van der Waals surface area contributed by atoms with Gasteiger partial charge in [-0.2, -0.15) is 0 Å². The van der Waals surface area contributed by atoms with Crippen LogP contribution in [0.1, 0.15) is 28.7 Å². The van der Waals surface area contributed by atoms with Crippen molar-refractivity contribution in [1.82, 2.24) is 10.0 Å². The van der Waals surface area contributed by atoms with Crippen LogP contribution < -0.4 is 10.0 Å². The first-order valence-electron chi connectivity index (χ1n) is 10.6. The molecule has 0 fully saturated rings. The number of hydrogen-bond acceptors (Lipinski definition) is 5. The molecule has 0 aliphatic carbocycles. The number of sulfonamides is 1. The topological polar surface area (TPSA) is 96.9 Å². The summed E-state index contributed by atoms with van der Waals surface area (Å²) in [4.78, 5) is 16.7. The van der Waals surface area contributed by atoms with Crippen LogP contribution in [0.2, 0.25) is 0 Å². The predicted molar refractivity (Wildman–Crippen MR) is 126 cm³/mol. The lowest BCUT2D eigenvalue weighted by Gasteiger charge is -2.08. The zero-order valence-corrected chi connectivity index (χ0v) is 18.8. The fourth-order valence-electron chi connectivity index (χ4n) is 3.50. The van der Waals surface area contributed by atoms with Gasteiger partial charge >= 0.3 is 0 Å². The van der Waals surface area contributed by atoms with Crippen molar-refractivity contribution in [3.63, 3.8) is 0 Å². The van der Waals surface area contributed by atoms with Gasteiger partial charge in [-0.15, -0.1) is 0 Å². The van der Waals surface area contributed by atoms with Crippen LogP contribution in [0.15, 0.2) is 88.8 Å². The van der Waals surface area contributed by atoms with Gasteiger partial charge in [-0.25, -0.2) is 8.42 Å². The SMILES string of the molecule is O=C(CCN=C1NS(=O)(=O)c2ccccc21)NCc1cccc(COCc2ccccc2)c1. The zero-order valence-electron chi connectivity index (χ0n) is 18.0. The Kier molecular flexibility index (Phi) is 7.16. The highest BCUT2D eigenvalue weighted by molar-refractivity contribution is 7.90. The predicted octanol–water partition coefficient (Wildman–Crippen LogP) is 3.15. The number of carbonyl (C=O) groups is 1. The van der Waals surface area contributed by atoms with E-state index in [0.29, 0.717) is 25.3 Å². The van der Waals surface area contributed by atoms with Gasteiger partial charge in [0.05, 0.1) is 24.7 Å². The molecule has 1 heterocycles. The van der Waals surface area contributed by atoms with Gasteiger partial charge in [0, 0.05) is 18.5 Å². The van der Waals surface area contributed by atoms with Crippen molar-refractivity contribution in [1.29, 1.82) is 0 Å². The summed E-state index contributed by atoms with van der Waals surface area (Å²) in [5.74, 6) is 0.126. The van der Waals surface area contributed by atoms with Gasteiger partial charge in [0.25, 0.3) is 10.0 Å². The summed E-state index contributed by atoms with van der Waals surface area (Å²) < 4.78 is 32.4. The van der Waals surface area contributed by atoms with E-state index in [1.807, 2.05) is 54.6 Å². The van der Waals surface area contributed by atoms with Crippen LogP contribution >= 0.6 is 0 Å². The molecule has 8 heteroatoms. The average Bonchev–Trinajstić information content (AvgIpc) is 3.09. The molecule has 0 radical (unpaired) electrons. The summed E-state index contributed by atoms with van der Waals surface area (Å²) >= 11 is 0. The molecule has 0 atom stereocenters. The second kappa shape index (κ2) is 10.4. The molecule has 0 saturated heterocycles. The molecule has 1 amide bonds. The monoisotopic (exact) mass is 463 g/mol. The number of benzene rings is 3. The maximum absolute atomic E-state index is 12.2. The maximum atomic E-state index is 12.2. The second-order valence-corrected chi connectivity index (χ2v) is 9.31. The number of hydrogen-bond donors (Lipinski definition) is 2. The van der Waals surface area contributed by atoms with Crippen LogP contribution in [-0.4, -0.2) is 26.7 Å². The Balaban J connectivity index is 1.23. The second-order valence-electron chi connectivity index (χ2n) is 7.66. The number of carbonyl (C=O) groups excluding carboxylic acids is 1. The fraction of sp³-hybridized carbons (Fsp3) is 0.200. The molecule has 1 aliphatic rings. The number of fused-ring (bicyclic) bond motifs is 1. The molecule has 2 N–H and O–H groups in total. The number of ether oxygens (including phenoxy) is 1. The Morgan fingerprint density at radius 2 is 1.58 bits per heavy atom. The molecule has 3 aromatic carbocycles. The van der Waals surface area contributed by atoms with Crippen LogP contribution in [0, 0.1) is 0 Å². The summed E-state index contributed by atoms with van der Waals surface area (Å²) in [6, 6.07) is 24.5. The standard InChI is InChI=1S/C25H25N3O4S/c29-24(13-14-26-25-22-11-4-5-12-23(22)33(30,31)28-25)27-16-20-9-6-10-21(15-20)18-32-17-19-7-2-1-3-8-19/h1-12,15H,13-14,16-18H2,(H,26,28)(H,27,29). The zero-order chi connectivity index (χ0) is 23.1. The van der Waals surface area contributed by atoms with Crippen molar-refractivity contribution < 1.29 is 17.9 Å². The number of nitrogens with zero attached hydrogens (tertiary/aromatic N) is 1. The average molecular weight is 464 g/mol. The Hall–Kier alpha value is -3.49. The summed E-state index contributed by atoms with van der Waals surface area (Å²) in [7, 11) is -3.57. The van der Waals surface area contributed by atoms with Gasteiger partial charge in [0.1, 0.15) is 5.84 Å². The van der Waals surface area contributed by atoms with Crippen molar-refractivity contribution in [2.75, 3.05) is 6.54 Å². The molecule has 0 saturated carbocycles. The lowest BCUT2D eigenvalue weighted by atomic mass is 10.1. The number of aliphatic imine (C=N–C) groups is 1. The molecule has 170 valence electrons. The maximum Gasteiger partial charge on any atom is 0.263 e. The van der Waals surface area contributed by atoms with E-state index in [0.717, 1.165) is 16.7 Å². The first-order chi connectivity index (χ1) is 16.0. The minimum Gasteiger partial charge on any atom is -0.372 e. The van der Waals surface area contributed by atoms with Crippen molar-refractivity contribution in [2.24, 2.45) is 4.99 Å². The van der Waals surface area contributed by atoms with Crippen LogP contribution in [0.5, 0.6) is 0 Å². The van der Waals surface area contributed by atoms with E-state index in [1.54, 1.807) is 18.2 Å². The van der Waals surface area contributed by atoms with E-state index in [9.17, 15) is 13.2 Å². The Bertz CT molecular complexity index is 1260. The van der Waals surface area contributed by atoms with E-state index in [1.165, 1.54) is 6.07 Å². The molecule has 7 nitrogen and oxygen atoms in total. The van der Waals surface area contributed by atoms with E-state index < -0.39 is 10.0 Å². The quantitative estimate of drug-likeness (QED) is 0.510. The molecular weight excluding hydrogens is 438 g/mol. The largest absolute Gasteiger partial charge is 0.372 e. The molecule has 0 aromatic heterocycles. The summed E-state index contributed by atoms with van der Waals surface area (Å²) in [6.07, 6.45) is 0.160. The minimum atomic E-state index is -3.57. The lowest BCUT2D eigenvalue weighted by Crippen LogP contribution is -2.25. The lowest BCUT2D eigenvalue weighted by molar-refractivity contribution is -0.121. The molecule has 0 spiro atoms. The smallest absolute Gasteiger partial charge is 0.263 e. The van der Waals surface area contributed by atoms with Gasteiger partial charge in [-0.3, -0.25) is 14.5 Å². The Morgan fingerprint density at radius 3 is 2.42 bits per heavy atom. The highest BCUT2D eigenvalue weighted by Gasteiger charge is 2.29. The molecular formula is C25H25N3O4S. The molecule has 0 unspecified atom stereocenters. The molecule has 4 rings (SSSR count). The Morgan fingerprint density at radius 1 is 0.879 bits per heavy atom. The normalized spacial score (nSPS) is 15.1. The van der Waals surface area contributed by atoms with Gasteiger partial charge in [-0.05, 0) is 28.8 Å². The first kappa shape index (κ1) is 22.7. The third kappa shape index (κ3) is 6.06. The van der Waals surface area contributed by atoms with Crippen molar-refractivity contribution >= 4 is 21.8 Å². The number of nitrogens with one attached hydrogen (secondary N) is 2. The van der Waals surface area contributed by atoms with Crippen LogP contribution in [-0.2, 0) is 39.3 Å². The van der Waals surface area contributed by atoms with E-state index in [-0.39, 0.29) is 29.6 Å². The summed E-state index contributed by atoms with van der Waals surface area (Å²) in [5, 5.41) is 2.88. The third-order valence-corrected chi connectivity index (χ3v) is 6.53. The number of amidine groups is 1. The molecule has 33 heavy (non-hydrogen) atoms. The highest BCUT2D eigenvalue weighted by Crippen LogP contribution is 2.22. The van der Waals surface area contributed by atoms with E-state index >= 15 is 0 Å². The van der Waals surface area contributed by atoms with Crippen molar-refractivity contribution in [3.8, 4) is 0 Å². The van der Waals surface area contributed by atoms with E-state index in [4.69, 9.17) is 4.74 Å². The summed E-state index contributed by atoms with van der Waals surface area (Å²) in [6.45, 7) is 1.62.